The fraction of sp³-hybridized carbons (Fsp3) is 0.0769. The third-order valence-corrected chi connectivity index (χ3v) is 4.40. The van der Waals surface area contributed by atoms with Gasteiger partial charge in [0, 0.05) is 16.3 Å². The zero-order valence-corrected chi connectivity index (χ0v) is 12.1. The zero-order chi connectivity index (χ0) is 15.4. The van der Waals surface area contributed by atoms with Gasteiger partial charge in [-0.05, 0) is 18.2 Å². The second kappa shape index (κ2) is 6.68. The van der Waals surface area contributed by atoms with Crippen LogP contribution in [0.25, 0.3) is 0 Å². The van der Waals surface area contributed by atoms with Gasteiger partial charge in [-0.3, -0.25) is 4.79 Å². The van der Waals surface area contributed by atoms with Crippen LogP contribution in [0.3, 0.4) is 0 Å². The summed E-state index contributed by atoms with van der Waals surface area (Å²) in [5.74, 6) is -3.07. The molecular formula is C13H9F2NO3S2. The number of amides is 1. The van der Waals surface area contributed by atoms with Gasteiger partial charge < -0.3 is 10.4 Å². The number of hydrogen-bond acceptors (Lipinski definition) is 4. The molecule has 0 aliphatic carbocycles. The molecule has 2 aromatic rings. The summed E-state index contributed by atoms with van der Waals surface area (Å²) in [7, 11) is 0. The van der Waals surface area contributed by atoms with Crippen LogP contribution in [0.5, 0.6) is 0 Å². The van der Waals surface area contributed by atoms with Crippen molar-refractivity contribution in [1.29, 1.82) is 0 Å². The lowest BCUT2D eigenvalue weighted by molar-refractivity contribution is -0.113. The molecule has 1 aromatic carbocycles. The summed E-state index contributed by atoms with van der Waals surface area (Å²) in [4.78, 5) is 23.2. The van der Waals surface area contributed by atoms with Crippen molar-refractivity contribution < 1.29 is 23.5 Å². The molecule has 110 valence electrons. The summed E-state index contributed by atoms with van der Waals surface area (Å²) in [5, 5.41) is 12.7. The predicted octanol–water partition coefficient (Wildman–Crippen LogP) is 3.46. The van der Waals surface area contributed by atoms with E-state index in [1.807, 2.05) is 0 Å². The minimum Gasteiger partial charge on any atom is -0.477 e. The minimum atomic E-state index is -1.02. The Labute approximate surface area is 126 Å². The van der Waals surface area contributed by atoms with Crippen LogP contribution in [0.4, 0.5) is 14.5 Å². The quantitative estimate of drug-likeness (QED) is 0.825. The van der Waals surface area contributed by atoms with Crippen molar-refractivity contribution in [1.82, 2.24) is 0 Å². The number of rotatable bonds is 5. The maximum absolute atomic E-state index is 13.3. The highest BCUT2D eigenvalue weighted by Gasteiger charge is 2.11. The van der Waals surface area contributed by atoms with E-state index in [0.29, 0.717) is 11.0 Å². The second-order valence-electron chi connectivity index (χ2n) is 3.91. The van der Waals surface area contributed by atoms with Gasteiger partial charge in [0.15, 0.2) is 0 Å². The van der Waals surface area contributed by atoms with Gasteiger partial charge in [-0.25, -0.2) is 13.6 Å². The first-order valence-corrected chi connectivity index (χ1v) is 7.52. The van der Waals surface area contributed by atoms with Crippen LogP contribution in [0.1, 0.15) is 9.67 Å². The van der Waals surface area contributed by atoms with E-state index < -0.39 is 23.5 Å². The number of carboxylic acid groups (broad SMARTS) is 1. The molecule has 0 saturated heterocycles. The standard InChI is InChI=1S/C13H9F2NO3S2/c14-7-1-2-10(9(15)3-7)16-12(17)6-20-8-4-11(13(18)19)21-5-8/h1-5H,6H2,(H,16,17)(H,18,19). The summed E-state index contributed by atoms with van der Waals surface area (Å²) in [6.45, 7) is 0. The second-order valence-corrected chi connectivity index (χ2v) is 5.87. The Morgan fingerprint density at radius 1 is 1.29 bits per heavy atom. The van der Waals surface area contributed by atoms with Gasteiger partial charge >= 0.3 is 5.97 Å². The molecule has 0 bridgehead atoms. The first kappa shape index (κ1) is 15.5. The number of benzene rings is 1. The molecule has 0 unspecified atom stereocenters. The average Bonchev–Trinajstić information content (AvgIpc) is 2.89. The number of nitrogens with one attached hydrogen (secondary N) is 1. The topological polar surface area (TPSA) is 66.4 Å². The molecular weight excluding hydrogens is 320 g/mol. The van der Waals surface area contributed by atoms with Crippen molar-refractivity contribution in [2.75, 3.05) is 11.1 Å². The van der Waals surface area contributed by atoms with Gasteiger partial charge in [-0.1, -0.05) is 0 Å². The number of carboxylic acids is 1. The molecule has 0 atom stereocenters. The molecule has 0 spiro atoms. The van der Waals surface area contributed by atoms with Crippen LogP contribution >= 0.6 is 23.1 Å². The van der Waals surface area contributed by atoms with E-state index in [9.17, 15) is 18.4 Å². The Morgan fingerprint density at radius 3 is 2.67 bits per heavy atom. The summed E-state index contributed by atoms with van der Waals surface area (Å²) in [6.07, 6.45) is 0. The smallest absolute Gasteiger partial charge is 0.345 e. The third kappa shape index (κ3) is 4.27. The van der Waals surface area contributed by atoms with Crippen molar-refractivity contribution in [2.24, 2.45) is 0 Å². The number of hydrogen-bond donors (Lipinski definition) is 2. The predicted molar refractivity (Wildman–Crippen MR) is 77.0 cm³/mol. The normalized spacial score (nSPS) is 10.4. The summed E-state index contributed by atoms with van der Waals surface area (Å²) in [5.41, 5.74) is -0.0986. The molecule has 21 heavy (non-hydrogen) atoms. The van der Waals surface area contributed by atoms with E-state index in [4.69, 9.17) is 5.11 Å². The maximum Gasteiger partial charge on any atom is 0.345 e. The monoisotopic (exact) mass is 329 g/mol. The van der Waals surface area contributed by atoms with Gasteiger partial charge in [0.1, 0.15) is 16.5 Å². The molecule has 0 aliphatic rings. The molecule has 2 rings (SSSR count). The molecule has 1 aromatic heterocycles. The van der Waals surface area contributed by atoms with Crippen LogP contribution in [-0.4, -0.2) is 22.7 Å². The van der Waals surface area contributed by atoms with Crippen molar-refractivity contribution >= 4 is 40.7 Å². The molecule has 2 N–H and O–H groups in total. The molecule has 4 nitrogen and oxygen atoms in total. The Morgan fingerprint density at radius 2 is 2.05 bits per heavy atom. The highest BCUT2D eigenvalue weighted by atomic mass is 32.2. The highest BCUT2D eigenvalue weighted by Crippen LogP contribution is 2.25. The number of carbonyl (C=O) groups is 2. The number of anilines is 1. The van der Waals surface area contributed by atoms with Crippen LogP contribution in [-0.2, 0) is 4.79 Å². The molecule has 0 radical (unpaired) electrons. The van der Waals surface area contributed by atoms with Gasteiger partial charge in [0.2, 0.25) is 5.91 Å². The number of thioether (sulfide) groups is 1. The molecule has 1 amide bonds. The Balaban J connectivity index is 1.91. The van der Waals surface area contributed by atoms with Crippen LogP contribution in [0, 0.1) is 11.6 Å². The molecule has 0 saturated carbocycles. The van der Waals surface area contributed by atoms with Crippen molar-refractivity contribution in [3.63, 3.8) is 0 Å². The Kier molecular flexibility index (Phi) is 4.92. The van der Waals surface area contributed by atoms with E-state index in [0.717, 1.165) is 35.2 Å². The fourth-order valence-electron chi connectivity index (χ4n) is 1.43. The number of halogens is 2. The van der Waals surface area contributed by atoms with Gasteiger partial charge in [0.05, 0.1) is 11.4 Å². The highest BCUT2D eigenvalue weighted by molar-refractivity contribution is 8.00. The maximum atomic E-state index is 13.3. The van der Waals surface area contributed by atoms with Gasteiger partial charge in [0.25, 0.3) is 0 Å². The number of aromatic carboxylic acids is 1. The van der Waals surface area contributed by atoms with E-state index >= 15 is 0 Å². The van der Waals surface area contributed by atoms with Crippen LogP contribution in [0.15, 0.2) is 34.5 Å². The van der Waals surface area contributed by atoms with Crippen LogP contribution in [0.2, 0.25) is 0 Å². The molecule has 0 aliphatic heterocycles. The van der Waals surface area contributed by atoms with Crippen molar-refractivity contribution in [3.8, 4) is 0 Å². The fourth-order valence-corrected chi connectivity index (χ4v) is 3.10. The number of carbonyl (C=O) groups excluding carboxylic acids is 1. The Hall–Kier alpha value is -1.93. The first-order chi connectivity index (χ1) is 9.95. The zero-order valence-electron chi connectivity index (χ0n) is 10.4. The summed E-state index contributed by atoms with van der Waals surface area (Å²) >= 11 is 2.20. The number of thiophene rings is 1. The molecule has 8 heteroatoms. The lowest BCUT2D eigenvalue weighted by atomic mass is 10.3. The van der Waals surface area contributed by atoms with E-state index in [2.05, 4.69) is 5.32 Å². The van der Waals surface area contributed by atoms with Crippen molar-refractivity contribution in [3.05, 3.63) is 46.2 Å². The lowest BCUT2D eigenvalue weighted by Gasteiger charge is -2.05. The lowest BCUT2D eigenvalue weighted by Crippen LogP contribution is -2.15. The first-order valence-electron chi connectivity index (χ1n) is 5.65. The van der Waals surface area contributed by atoms with E-state index in [1.165, 1.54) is 6.07 Å². The average molecular weight is 329 g/mol. The Bertz CT molecular complexity index is 688. The van der Waals surface area contributed by atoms with Crippen LogP contribution < -0.4 is 5.32 Å². The minimum absolute atomic E-state index is 0.00733. The summed E-state index contributed by atoms with van der Waals surface area (Å²) < 4.78 is 26.1. The van der Waals surface area contributed by atoms with E-state index in [-0.39, 0.29) is 16.3 Å². The molecule has 1 heterocycles. The molecule has 0 fully saturated rings. The van der Waals surface area contributed by atoms with Gasteiger partial charge in [-0.15, -0.1) is 23.1 Å². The van der Waals surface area contributed by atoms with Gasteiger partial charge in [-0.2, -0.15) is 0 Å². The third-order valence-electron chi connectivity index (χ3n) is 2.36. The SMILES string of the molecule is O=C(CSc1csc(C(=O)O)c1)Nc1ccc(F)cc1F. The largest absolute Gasteiger partial charge is 0.477 e. The summed E-state index contributed by atoms with van der Waals surface area (Å²) in [6, 6.07) is 4.33. The van der Waals surface area contributed by atoms with Crippen molar-refractivity contribution in [2.45, 2.75) is 4.90 Å². The van der Waals surface area contributed by atoms with E-state index in [1.54, 1.807) is 5.38 Å².